The van der Waals surface area contributed by atoms with E-state index in [4.69, 9.17) is 19.7 Å². The molecule has 0 unspecified atom stereocenters. The Balaban J connectivity index is 1.88. The monoisotopic (exact) mass is 497 g/mol. The van der Waals surface area contributed by atoms with Gasteiger partial charge in [0.05, 0.1) is 43.0 Å². The van der Waals surface area contributed by atoms with Crippen molar-refractivity contribution in [2.45, 2.75) is 0 Å². The van der Waals surface area contributed by atoms with E-state index < -0.39 is 5.82 Å². The fourth-order valence-corrected chi connectivity index (χ4v) is 4.99. The van der Waals surface area contributed by atoms with Gasteiger partial charge in [0.2, 0.25) is 5.70 Å². The van der Waals surface area contributed by atoms with Crippen molar-refractivity contribution in [3.05, 3.63) is 139 Å². The Kier molecular flexibility index (Phi) is 5.55. The van der Waals surface area contributed by atoms with E-state index in [9.17, 15) is 25.4 Å². The minimum atomic E-state index is -0.534. The fraction of sp³-hybridized carbons (Fsp3) is 0. The number of hydrogen-bond donors (Lipinski definition) is 0. The molecule has 39 heavy (non-hydrogen) atoms. The summed E-state index contributed by atoms with van der Waals surface area (Å²) in [5, 5.41) is 38.6. The molecule has 0 amide bonds. The van der Waals surface area contributed by atoms with Gasteiger partial charge in [0.1, 0.15) is 18.0 Å². The number of benzene rings is 3. The van der Waals surface area contributed by atoms with Crippen LogP contribution >= 0.6 is 0 Å². The molecule has 0 spiro atoms. The highest BCUT2D eigenvalue weighted by Gasteiger charge is 2.34. The molecule has 8 heteroatoms. The van der Waals surface area contributed by atoms with Crippen LogP contribution in [0.4, 0.5) is 4.39 Å². The number of nitriles is 4. The number of hydrogen-bond acceptors (Lipinski definition) is 4. The summed E-state index contributed by atoms with van der Waals surface area (Å²) in [6.07, 6.45) is 0. The topological polar surface area (TPSA) is 108 Å². The van der Waals surface area contributed by atoms with Crippen molar-refractivity contribution >= 4 is 22.4 Å². The van der Waals surface area contributed by atoms with Crippen LogP contribution < -0.4 is 0 Å². The number of nitrogens with zero attached hydrogens (tertiary/aromatic N) is 7. The van der Waals surface area contributed by atoms with Crippen molar-refractivity contribution in [3.8, 4) is 35.4 Å². The Labute approximate surface area is 222 Å². The molecule has 0 bridgehead atoms. The van der Waals surface area contributed by atoms with Crippen LogP contribution in [0.15, 0.2) is 59.9 Å². The highest BCUT2D eigenvalue weighted by Crippen LogP contribution is 2.52. The summed E-state index contributed by atoms with van der Waals surface area (Å²) in [6.45, 7) is 23.1. The van der Waals surface area contributed by atoms with Crippen molar-refractivity contribution < 1.29 is 4.39 Å². The van der Waals surface area contributed by atoms with Crippen LogP contribution in [0.2, 0.25) is 0 Å². The minimum Gasteiger partial charge on any atom is -0.237 e. The molecule has 0 aromatic heterocycles. The van der Waals surface area contributed by atoms with Gasteiger partial charge in [-0.05, 0) is 80.4 Å². The first-order chi connectivity index (χ1) is 19.0. The Morgan fingerprint density at radius 3 is 1.74 bits per heavy atom. The predicted octanol–water partition coefficient (Wildman–Crippen LogP) is 6.71. The van der Waals surface area contributed by atoms with Crippen LogP contribution in [0.25, 0.3) is 48.1 Å². The van der Waals surface area contributed by atoms with Crippen LogP contribution in [0, 0.1) is 70.9 Å². The molecule has 0 radical (unpaired) electrons. The van der Waals surface area contributed by atoms with Gasteiger partial charge in [-0.3, -0.25) is 0 Å². The molecule has 0 aliphatic heterocycles. The summed E-state index contributed by atoms with van der Waals surface area (Å²) >= 11 is 0. The third-order valence-corrected chi connectivity index (χ3v) is 6.55. The molecule has 0 fully saturated rings. The molecule has 0 N–H and O–H groups in total. The zero-order chi connectivity index (χ0) is 27.8. The van der Waals surface area contributed by atoms with Gasteiger partial charge in [0.15, 0.2) is 0 Å². The smallest absolute Gasteiger partial charge is 0.237 e. The quantitative estimate of drug-likeness (QED) is 0.215. The fourth-order valence-electron chi connectivity index (χ4n) is 4.99. The Morgan fingerprint density at radius 2 is 1.18 bits per heavy atom. The highest BCUT2D eigenvalue weighted by atomic mass is 19.1. The third-order valence-electron chi connectivity index (χ3n) is 6.55. The van der Waals surface area contributed by atoms with Crippen molar-refractivity contribution in [1.29, 1.82) is 21.0 Å². The molecule has 3 aromatic carbocycles. The van der Waals surface area contributed by atoms with E-state index in [1.807, 2.05) is 24.3 Å². The van der Waals surface area contributed by atoms with Gasteiger partial charge in [-0.25, -0.2) is 29.4 Å². The summed E-state index contributed by atoms with van der Waals surface area (Å²) < 4.78 is 14.2. The molecular weight excluding hydrogens is 489 g/mol. The van der Waals surface area contributed by atoms with Gasteiger partial charge in [0.25, 0.3) is 11.4 Å². The zero-order valence-corrected chi connectivity index (χ0v) is 19.6. The first-order valence-corrected chi connectivity index (χ1v) is 11.1. The molecule has 5 rings (SSSR count). The number of fused-ring (bicyclic) bond motifs is 4. The van der Waals surface area contributed by atoms with E-state index in [0.29, 0.717) is 38.9 Å². The predicted molar refractivity (Wildman–Crippen MR) is 138 cm³/mol. The molecule has 7 nitrogen and oxygen atoms in total. The Hall–Kier alpha value is -6.76. The lowest BCUT2D eigenvalue weighted by Gasteiger charge is -2.12. The maximum absolute atomic E-state index is 14.2. The molecule has 2 aliphatic rings. The molecule has 0 saturated heterocycles. The molecular formula is C31H8FN7. The zero-order valence-electron chi connectivity index (χ0n) is 19.6. The molecule has 3 aromatic rings. The van der Waals surface area contributed by atoms with Gasteiger partial charge in [-0.2, -0.15) is 10.5 Å². The van der Waals surface area contributed by atoms with E-state index in [2.05, 4.69) is 14.5 Å². The first-order valence-electron chi connectivity index (χ1n) is 11.1. The van der Waals surface area contributed by atoms with E-state index >= 15 is 0 Å². The summed E-state index contributed by atoms with van der Waals surface area (Å²) in [5.74, 6) is -0.534. The summed E-state index contributed by atoms with van der Waals surface area (Å²) in [6, 6.07) is 19.6. The van der Waals surface area contributed by atoms with Crippen LogP contribution in [-0.4, -0.2) is 0 Å². The van der Waals surface area contributed by atoms with E-state index in [1.54, 1.807) is 24.3 Å². The summed E-state index contributed by atoms with van der Waals surface area (Å²) in [7, 11) is 0. The standard InChI is InChI=1S/C31H8FN7/c1-37-26(14-35)29-22-8-16(4-6-20(22)21-7-5-19(32)11-24(21)29)28-30(27(15-36)38-2)23-9-17(12-33)18(13-34)10-25(23)31(28)39-3/h4-11H/b29-26-,30-27-. The maximum Gasteiger partial charge on any atom is 0.270 e. The van der Waals surface area contributed by atoms with Gasteiger partial charge in [-0.1, -0.05) is 18.2 Å². The second kappa shape index (κ2) is 9.03. The average Bonchev–Trinajstić information content (AvgIpc) is 3.45. The van der Waals surface area contributed by atoms with Gasteiger partial charge >= 0.3 is 0 Å². The number of allylic oxidation sites excluding steroid dienone is 4. The molecule has 2 aliphatic carbocycles. The van der Waals surface area contributed by atoms with Crippen LogP contribution in [0.1, 0.15) is 38.9 Å². The largest absolute Gasteiger partial charge is 0.270 e. The van der Waals surface area contributed by atoms with Crippen LogP contribution in [0.3, 0.4) is 0 Å². The van der Waals surface area contributed by atoms with Crippen molar-refractivity contribution in [3.63, 3.8) is 0 Å². The van der Waals surface area contributed by atoms with Crippen LogP contribution in [0.5, 0.6) is 0 Å². The van der Waals surface area contributed by atoms with Crippen molar-refractivity contribution in [2.24, 2.45) is 0 Å². The highest BCUT2D eigenvalue weighted by molar-refractivity contribution is 6.24. The lowest BCUT2D eigenvalue weighted by Crippen LogP contribution is -1.94. The average molecular weight is 497 g/mol. The second-order valence-electron chi connectivity index (χ2n) is 8.35. The third kappa shape index (κ3) is 3.35. The van der Waals surface area contributed by atoms with E-state index in [-0.39, 0.29) is 44.9 Å². The van der Waals surface area contributed by atoms with Gasteiger partial charge in [0, 0.05) is 5.57 Å². The maximum atomic E-state index is 14.2. The van der Waals surface area contributed by atoms with Gasteiger partial charge < -0.3 is 0 Å². The summed E-state index contributed by atoms with van der Waals surface area (Å²) in [5.41, 5.74) is 3.41. The van der Waals surface area contributed by atoms with Crippen molar-refractivity contribution in [1.82, 2.24) is 0 Å². The molecule has 174 valence electrons. The minimum absolute atomic E-state index is 0.0361. The SMILES string of the molecule is [C-]#[N+]C1=C(c2ccc3c(c2)/C(=C(\C#N)[N+]#[C-])c2cc(F)ccc2-3)/C(=C(/C#N)[N+]#[C-])c2cc(C#N)c(C#N)cc21. The molecule has 0 heterocycles. The summed E-state index contributed by atoms with van der Waals surface area (Å²) in [4.78, 5) is 10.4. The molecule has 0 atom stereocenters. The lowest BCUT2D eigenvalue weighted by atomic mass is 9.91. The van der Waals surface area contributed by atoms with Crippen LogP contribution in [-0.2, 0) is 0 Å². The normalized spacial score (nSPS) is 14.6. The Bertz CT molecular complexity index is 2060. The first kappa shape index (κ1) is 24.0. The van der Waals surface area contributed by atoms with E-state index in [1.165, 1.54) is 24.3 Å². The number of halogens is 1. The molecule has 0 saturated carbocycles. The van der Waals surface area contributed by atoms with E-state index in [0.717, 1.165) is 0 Å². The van der Waals surface area contributed by atoms with Crippen molar-refractivity contribution in [2.75, 3.05) is 0 Å². The lowest BCUT2D eigenvalue weighted by molar-refractivity contribution is 0.627. The Morgan fingerprint density at radius 1 is 0.641 bits per heavy atom. The number of rotatable bonds is 1. The van der Waals surface area contributed by atoms with Gasteiger partial charge in [-0.15, -0.1) is 0 Å². The second-order valence-corrected chi connectivity index (χ2v) is 8.35.